The normalized spacial score (nSPS) is 8.73. The third-order valence-electron chi connectivity index (χ3n) is 1.24. The summed E-state index contributed by atoms with van der Waals surface area (Å²) in [5, 5.41) is 3.76. The number of anilines is 1. The zero-order chi connectivity index (χ0) is 8.10. The number of hydrogen-bond donors (Lipinski definition) is 1. The molecule has 0 aliphatic rings. The quantitative estimate of drug-likeness (QED) is 0.664. The van der Waals surface area contributed by atoms with Crippen LogP contribution in [0.2, 0.25) is 5.02 Å². The lowest BCUT2D eigenvalue weighted by molar-refractivity contribution is 1.38. The van der Waals surface area contributed by atoms with Crippen LogP contribution in [0.25, 0.3) is 0 Å². The Bertz CT molecular complexity index is 258. The number of nitrogens with one attached hydrogen (secondary N) is 1. The highest BCUT2D eigenvalue weighted by Crippen LogP contribution is 2.12. The molecular weight excluding hydrogens is 158 g/mol. The lowest BCUT2D eigenvalue weighted by atomic mass is 10.3. The van der Waals surface area contributed by atoms with Gasteiger partial charge in [0.1, 0.15) is 0 Å². The van der Waals surface area contributed by atoms with E-state index in [4.69, 9.17) is 18.0 Å². The Morgan fingerprint density at radius 2 is 2.00 bits per heavy atom. The van der Waals surface area contributed by atoms with Gasteiger partial charge in [0, 0.05) is 10.7 Å². The summed E-state index contributed by atoms with van der Waals surface area (Å²) in [7, 11) is 0. The van der Waals surface area contributed by atoms with E-state index in [2.05, 4.69) is 11.2 Å². The highest BCUT2D eigenvalue weighted by atomic mass is 35.5. The van der Waals surface area contributed by atoms with Gasteiger partial charge in [0.2, 0.25) is 0 Å². The molecular formula is C9H8ClN. The van der Waals surface area contributed by atoms with Crippen LogP contribution in [0.15, 0.2) is 24.3 Å². The summed E-state index contributed by atoms with van der Waals surface area (Å²) >= 11 is 5.68. The lowest BCUT2D eigenvalue weighted by Crippen LogP contribution is -1.96. The first-order chi connectivity index (χ1) is 5.33. The van der Waals surface area contributed by atoms with E-state index in [1.165, 1.54) is 0 Å². The zero-order valence-corrected chi connectivity index (χ0v) is 6.73. The molecule has 1 aromatic carbocycles. The third kappa shape index (κ3) is 2.53. The van der Waals surface area contributed by atoms with Gasteiger partial charge in [-0.1, -0.05) is 17.5 Å². The fourth-order valence-electron chi connectivity index (χ4n) is 0.721. The van der Waals surface area contributed by atoms with E-state index < -0.39 is 0 Å². The summed E-state index contributed by atoms with van der Waals surface area (Å²) in [4.78, 5) is 0. The molecule has 0 atom stereocenters. The van der Waals surface area contributed by atoms with Gasteiger partial charge in [-0.2, -0.15) is 0 Å². The number of benzene rings is 1. The van der Waals surface area contributed by atoms with E-state index in [0.29, 0.717) is 6.54 Å². The molecule has 1 nitrogen and oxygen atoms in total. The molecule has 0 heterocycles. The molecule has 0 aliphatic carbocycles. The maximum atomic E-state index is 5.68. The van der Waals surface area contributed by atoms with Crippen LogP contribution in [0.4, 0.5) is 5.69 Å². The smallest absolute Gasteiger partial charge is 0.0763 e. The first-order valence-electron chi connectivity index (χ1n) is 3.26. The van der Waals surface area contributed by atoms with E-state index in [-0.39, 0.29) is 0 Å². The van der Waals surface area contributed by atoms with Crippen LogP contribution in [-0.4, -0.2) is 6.54 Å². The fourth-order valence-corrected chi connectivity index (χ4v) is 0.847. The molecule has 1 rings (SSSR count). The van der Waals surface area contributed by atoms with Crippen LogP contribution in [0.5, 0.6) is 0 Å². The monoisotopic (exact) mass is 165 g/mol. The SMILES string of the molecule is C#CCNc1ccc(Cl)cc1. The topological polar surface area (TPSA) is 12.0 Å². The van der Waals surface area contributed by atoms with Gasteiger partial charge in [0.15, 0.2) is 0 Å². The summed E-state index contributed by atoms with van der Waals surface area (Å²) in [6, 6.07) is 7.42. The molecule has 0 radical (unpaired) electrons. The predicted octanol–water partition coefficient (Wildman–Crippen LogP) is 2.39. The Morgan fingerprint density at radius 1 is 1.36 bits per heavy atom. The first kappa shape index (κ1) is 7.97. The molecule has 0 unspecified atom stereocenters. The molecule has 0 fully saturated rings. The van der Waals surface area contributed by atoms with Crippen LogP contribution in [-0.2, 0) is 0 Å². The highest BCUT2D eigenvalue weighted by molar-refractivity contribution is 6.30. The van der Waals surface area contributed by atoms with Crippen LogP contribution in [0.1, 0.15) is 0 Å². The van der Waals surface area contributed by atoms with Gasteiger partial charge in [0.25, 0.3) is 0 Å². The van der Waals surface area contributed by atoms with Crippen molar-refractivity contribution in [2.45, 2.75) is 0 Å². The summed E-state index contributed by atoms with van der Waals surface area (Å²) in [5.41, 5.74) is 0.993. The molecule has 0 saturated heterocycles. The second kappa shape index (κ2) is 3.90. The van der Waals surface area contributed by atoms with E-state index in [1.807, 2.05) is 24.3 Å². The van der Waals surface area contributed by atoms with E-state index in [9.17, 15) is 0 Å². The van der Waals surface area contributed by atoms with Gasteiger partial charge in [-0.15, -0.1) is 6.42 Å². The van der Waals surface area contributed by atoms with Crippen LogP contribution >= 0.6 is 11.6 Å². The van der Waals surface area contributed by atoms with Gasteiger partial charge in [0.05, 0.1) is 6.54 Å². The average molecular weight is 166 g/mol. The van der Waals surface area contributed by atoms with E-state index in [0.717, 1.165) is 10.7 Å². The maximum absolute atomic E-state index is 5.68. The van der Waals surface area contributed by atoms with Crippen LogP contribution < -0.4 is 5.32 Å². The minimum absolute atomic E-state index is 0.543. The van der Waals surface area contributed by atoms with Gasteiger partial charge < -0.3 is 5.32 Å². The van der Waals surface area contributed by atoms with Crippen molar-refractivity contribution >= 4 is 17.3 Å². The largest absolute Gasteiger partial charge is 0.374 e. The summed E-state index contributed by atoms with van der Waals surface area (Å²) in [6.07, 6.45) is 5.07. The molecule has 0 aliphatic heterocycles. The van der Waals surface area contributed by atoms with Gasteiger partial charge in [-0.05, 0) is 24.3 Å². The Morgan fingerprint density at radius 3 is 2.55 bits per heavy atom. The molecule has 1 N–H and O–H groups in total. The van der Waals surface area contributed by atoms with Gasteiger partial charge in [-0.3, -0.25) is 0 Å². The van der Waals surface area contributed by atoms with Gasteiger partial charge >= 0.3 is 0 Å². The van der Waals surface area contributed by atoms with Gasteiger partial charge in [-0.25, -0.2) is 0 Å². The molecule has 0 amide bonds. The van der Waals surface area contributed by atoms with Crippen molar-refractivity contribution in [2.24, 2.45) is 0 Å². The minimum atomic E-state index is 0.543. The average Bonchev–Trinajstić information content (AvgIpc) is 2.04. The minimum Gasteiger partial charge on any atom is -0.374 e. The highest BCUT2D eigenvalue weighted by Gasteiger charge is 1.88. The predicted molar refractivity (Wildman–Crippen MR) is 48.8 cm³/mol. The Hall–Kier alpha value is -1.13. The molecule has 56 valence electrons. The Balaban J connectivity index is 2.60. The Labute approximate surface area is 71.4 Å². The summed E-state index contributed by atoms with van der Waals surface area (Å²) in [5.74, 6) is 2.49. The van der Waals surface area contributed by atoms with Crippen molar-refractivity contribution in [1.29, 1.82) is 0 Å². The van der Waals surface area contributed by atoms with Crippen molar-refractivity contribution < 1.29 is 0 Å². The first-order valence-corrected chi connectivity index (χ1v) is 3.63. The molecule has 1 aromatic rings. The van der Waals surface area contributed by atoms with Crippen molar-refractivity contribution in [1.82, 2.24) is 0 Å². The van der Waals surface area contributed by atoms with Crippen molar-refractivity contribution in [3.63, 3.8) is 0 Å². The second-order valence-electron chi connectivity index (χ2n) is 2.06. The standard InChI is InChI=1S/C9H8ClN/c1-2-7-11-9-5-3-8(10)4-6-9/h1,3-6,11H,7H2. The third-order valence-corrected chi connectivity index (χ3v) is 1.49. The number of hydrogen-bond acceptors (Lipinski definition) is 1. The molecule has 11 heavy (non-hydrogen) atoms. The Kier molecular flexibility index (Phi) is 2.83. The summed E-state index contributed by atoms with van der Waals surface area (Å²) in [6.45, 7) is 0.543. The van der Waals surface area contributed by atoms with Crippen molar-refractivity contribution in [3.05, 3.63) is 29.3 Å². The number of terminal acetylenes is 1. The number of rotatable bonds is 2. The maximum Gasteiger partial charge on any atom is 0.0763 e. The molecule has 0 aromatic heterocycles. The molecule has 0 saturated carbocycles. The zero-order valence-electron chi connectivity index (χ0n) is 5.97. The number of halogens is 1. The van der Waals surface area contributed by atoms with E-state index >= 15 is 0 Å². The van der Waals surface area contributed by atoms with Crippen LogP contribution in [0.3, 0.4) is 0 Å². The van der Waals surface area contributed by atoms with Crippen molar-refractivity contribution in [3.8, 4) is 12.3 Å². The van der Waals surface area contributed by atoms with E-state index in [1.54, 1.807) is 0 Å². The molecule has 0 bridgehead atoms. The lowest BCUT2D eigenvalue weighted by Gasteiger charge is -2.00. The summed E-state index contributed by atoms with van der Waals surface area (Å²) < 4.78 is 0. The fraction of sp³-hybridized carbons (Fsp3) is 0.111. The second-order valence-corrected chi connectivity index (χ2v) is 2.50. The van der Waals surface area contributed by atoms with Crippen LogP contribution in [0, 0.1) is 12.3 Å². The molecule has 0 spiro atoms. The molecule has 2 heteroatoms. The van der Waals surface area contributed by atoms with Crippen molar-refractivity contribution in [2.75, 3.05) is 11.9 Å².